The monoisotopic (exact) mass is 655 g/mol. The fourth-order valence-corrected chi connectivity index (χ4v) is 5.08. The van der Waals surface area contributed by atoms with E-state index in [0.717, 1.165) is 131 Å². The van der Waals surface area contributed by atoms with Crippen LogP contribution >= 0.6 is 0 Å². The lowest BCUT2D eigenvalue weighted by Gasteiger charge is -2.07. The molecule has 0 fully saturated rings. The van der Waals surface area contributed by atoms with Gasteiger partial charge in [0.1, 0.15) is 0 Å². The lowest BCUT2D eigenvalue weighted by atomic mass is 10.2. The zero-order valence-corrected chi connectivity index (χ0v) is 30.4. The number of unbranched alkanes of at least 4 members (excludes halogenated alkanes) is 8. The molecule has 0 atom stereocenters. The summed E-state index contributed by atoms with van der Waals surface area (Å²) in [7, 11) is 0. The van der Waals surface area contributed by atoms with Gasteiger partial charge in [-0.15, -0.1) is 0 Å². The Labute approximate surface area is 286 Å². The highest BCUT2D eigenvalue weighted by Crippen LogP contribution is 1.92. The van der Waals surface area contributed by atoms with Gasteiger partial charge in [-0.2, -0.15) is 0 Å². The van der Waals surface area contributed by atoms with E-state index in [9.17, 15) is 0 Å². The van der Waals surface area contributed by atoms with Crippen molar-refractivity contribution in [3.63, 3.8) is 0 Å². The van der Waals surface area contributed by atoms with Crippen LogP contribution in [0.15, 0.2) is 12.2 Å². The molecular formula is C36H82N10. The van der Waals surface area contributed by atoms with Crippen LogP contribution in [0.1, 0.15) is 103 Å². The third kappa shape index (κ3) is 43.3. The molecule has 0 aromatic heterocycles. The van der Waals surface area contributed by atoms with Crippen LogP contribution in [-0.2, 0) is 0 Å². The van der Waals surface area contributed by atoms with E-state index in [0.29, 0.717) is 0 Å². The molecule has 10 nitrogen and oxygen atoms in total. The lowest BCUT2D eigenvalue weighted by Crippen LogP contribution is -2.23. The van der Waals surface area contributed by atoms with Gasteiger partial charge >= 0.3 is 0 Å². The predicted molar refractivity (Wildman–Crippen MR) is 204 cm³/mol. The molecule has 10 heteroatoms. The van der Waals surface area contributed by atoms with Crippen LogP contribution in [0.4, 0.5) is 0 Å². The molecule has 0 saturated carbocycles. The summed E-state index contributed by atoms with van der Waals surface area (Å²) >= 11 is 0. The van der Waals surface area contributed by atoms with E-state index in [2.05, 4.69) is 54.7 Å². The number of hydrogen-bond acceptors (Lipinski definition) is 10. The maximum Gasteiger partial charge on any atom is 0.0135 e. The number of hydrogen-bond donors (Lipinski definition) is 10. The van der Waals surface area contributed by atoms with E-state index < -0.39 is 0 Å². The Bertz CT molecular complexity index is 507. The molecule has 0 heterocycles. The van der Waals surface area contributed by atoms with Gasteiger partial charge in [0, 0.05) is 13.1 Å². The lowest BCUT2D eigenvalue weighted by molar-refractivity contribution is 0.540. The van der Waals surface area contributed by atoms with Gasteiger partial charge in [-0.3, -0.25) is 0 Å². The molecule has 0 aliphatic heterocycles. The molecule has 12 N–H and O–H groups in total. The van der Waals surface area contributed by atoms with E-state index in [4.69, 9.17) is 11.5 Å². The van der Waals surface area contributed by atoms with E-state index in [1.807, 2.05) is 0 Å². The van der Waals surface area contributed by atoms with Crippen LogP contribution in [0.3, 0.4) is 0 Å². The first-order valence-electron chi connectivity index (χ1n) is 19.6. The fourth-order valence-electron chi connectivity index (χ4n) is 5.08. The largest absolute Gasteiger partial charge is 0.330 e. The van der Waals surface area contributed by atoms with E-state index >= 15 is 0 Å². The maximum atomic E-state index is 5.51. The molecule has 46 heavy (non-hydrogen) atoms. The Hall–Kier alpha value is -0.660. The van der Waals surface area contributed by atoms with Crippen LogP contribution in [0.2, 0.25) is 0 Å². The molecule has 0 rings (SSSR count). The van der Waals surface area contributed by atoms with Crippen LogP contribution in [0.25, 0.3) is 0 Å². The number of nitrogens with two attached hydrogens (primary N) is 2. The Kier molecular flexibility index (Phi) is 43.7. The maximum absolute atomic E-state index is 5.51. The number of rotatable bonds is 42. The zero-order chi connectivity index (χ0) is 33.1. The van der Waals surface area contributed by atoms with Gasteiger partial charge in [0.25, 0.3) is 0 Å². The number of nitrogens with one attached hydrogen (secondary N) is 8. The van der Waals surface area contributed by atoms with Crippen molar-refractivity contribution in [1.82, 2.24) is 42.5 Å². The van der Waals surface area contributed by atoms with Gasteiger partial charge in [-0.1, -0.05) is 12.2 Å². The summed E-state index contributed by atoms with van der Waals surface area (Å²) in [4.78, 5) is 0. The Balaban J connectivity index is 3.09. The van der Waals surface area contributed by atoms with Crippen molar-refractivity contribution in [1.29, 1.82) is 0 Å². The van der Waals surface area contributed by atoms with Crippen LogP contribution in [-0.4, -0.2) is 118 Å². The van der Waals surface area contributed by atoms with Gasteiger partial charge in [-0.25, -0.2) is 0 Å². The van der Waals surface area contributed by atoms with Crippen LogP contribution in [0, 0.1) is 0 Å². The summed E-state index contributed by atoms with van der Waals surface area (Å²) in [5.41, 5.74) is 11.0. The molecule has 0 radical (unpaired) electrons. The molecule has 0 saturated heterocycles. The third-order valence-electron chi connectivity index (χ3n) is 8.05. The van der Waals surface area contributed by atoms with Crippen LogP contribution < -0.4 is 54.0 Å². The second-order valence-electron chi connectivity index (χ2n) is 12.6. The molecule has 0 amide bonds. The highest BCUT2D eigenvalue weighted by molar-refractivity contribution is 4.85. The zero-order valence-electron chi connectivity index (χ0n) is 30.4. The molecule has 0 bridgehead atoms. The molecule has 0 aromatic rings. The smallest absolute Gasteiger partial charge is 0.0135 e. The summed E-state index contributed by atoms with van der Waals surface area (Å²) in [5, 5.41) is 28.4. The molecule has 0 spiro atoms. The molecule has 0 aliphatic rings. The summed E-state index contributed by atoms with van der Waals surface area (Å²) in [6, 6.07) is 0. The first-order chi connectivity index (χ1) is 22.9. The molecular weight excluding hydrogens is 572 g/mol. The van der Waals surface area contributed by atoms with Gasteiger partial charge in [0.2, 0.25) is 0 Å². The Morgan fingerprint density at radius 3 is 0.609 bits per heavy atom. The standard InChI is InChI=1S/C36H82N10/c37-19-1-3-21-39-23-5-7-25-41-27-9-11-29-43-31-13-15-33-45-35-17-18-36-46-34-16-14-32-44-30-12-10-28-42-26-8-6-24-40-22-4-2-20-38/h17-18,39-46H,1-16,19-38H2/b18-17+. The van der Waals surface area contributed by atoms with E-state index in [1.54, 1.807) is 0 Å². The van der Waals surface area contributed by atoms with Crippen molar-refractivity contribution < 1.29 is 0 Å². The molecule has 276 valence electrons. The summed E-state index contributed by atoms with van der Waals surface area (Å²) in [5.74, 6) is 0. The molecule has 0 aliphatic carbocycles. The minimum Gasteiger partial charge on any atom is -0.330 e. The topological polar surface area (TPSA) is 148 Å². The second kappa shape index (κ2) is 44.3. The molecule has 0 aromatic carbocycles. The molecule has 0 unspecified atom stereocenters. The van der Waals surface area contributed by atoms with Gasteiger partial charge in [-0.05, 0) is 207 Å². The van der Waals surface area contributed by atoms with Gasteiger partial charge in [0.15, 0.2) is 0 Å². The predicted octanol–water partition coefficient (Wildman–Crippen LogP) is 2.42. The summed E-state index contributed by atoms with van der Waals surface area (Å²) < 4.78 is 0. The first-order valence-corrected chi connectivity index (χ1v) is 19.6. The Morgan fingerprint density at radius 2 is 0.413 bits per heavy atom. The van der Waals surface area contributed by atoms with Gasteiger partial charge < -0.3 is 54.0 Å². The highest BCUT2D eigenvalue weighted by Gasteiger charge is 1.95. The summed E-state index contributed by atoms with van der Waals surface area (Å²) in [6.07, 6.45) is 24.2. The highest BCUT2D eigenvalue weighted by atomic mass is 14.9. The Morgan fingerprint density at radius 1 is 0.239 bits per heavy atom. The fraction of sp³-hybridized carbons (Fsp3) is 0.944. The minimum absolute atomic E-state index is 0.811. The van der Waals surface area contributed by atoms with Crippen molar-refractivity contribution in [3.8, 4) is 0 Å². The van der Waals surface area contributed by atoms with Crippen molar-refractivity contribution >= 4 is 0 Å². The quantitative estimate of drug-likeness (QED) is 0.0352. The van der Waals surface area contributed by atoms with Crippen molar-refractivity contribution in [2.45, 2.75) is 103 Å². The van der Waals surface area contributed by atoms with Crippen molar-refractivity contribution in [3.05, 3.63) is 12.2 Å². The normalized spacial score (nSPS) is 11.8. The first kappa shape index (κ1) is 45.3. The van der Waals surface area contributed by atoms with E-state index in [1.165, 1.54) is 89.9 Å². The van der Waals surface area contributed by atoms with Crippen molar-refractivity contribution in [2.75, 3.05) is 118 Å². The second-order valence-corrected chi connectivity index (χ2v) is 12.6. The minimum atomic E-state index is 0.811. The van der Waals surface area contributed by atoms with E-state index in [-0.39, 0.29) is 0 Å². The SMILES string of the molecule is NCCCCNCCCCNCCCCNCCCCNC/C=C/CNCCCCNCCCCNCCCCNCCCCN. The third-order valence-corrected chi connectivity index (χ3v) is 8.05. The average Bonchev–Trinajstić information content (AvgIpc) is 3.07. The summed E-state index contributed by atoms with van der Waals surface area (Å²) in [6.45, 7) is 19.4. The van der Waals surface area contributed by atoms with Gasteiger partial charge in [0.05, 0.1) is 0 Å². The van der Waals surface area contributed by atoms with Crippen LogP contribution in [0.5, 0.6) is 0 Å². The van der Waals surface area contributed by atoms with Crippen molar-refractivity contribution in [2.24, 2.45) is 11.5 Å². The average molecular weight is 655 g/mol.